The van der Waals surface area contributed by atoms with Crippen LogP contribution in [0.3, 0.4) is 0 Å². The molecule has 0 atom stereocenters. The molecule has 3 rings (SSSR count). The lowest BCUT2D eigenvalue weighted by molar-refractivity contribution is -0.151. The Morgan fingerprint density at radius 2 is 2.12 bits per heavy atom. The van der Waals surface area contributed by atoms with Crippen LogP contribution in [0.2, 0.25) is 0 Å². The number of thioether (sulfide) groups is 1. The third kappa shape index (κ3) is 4.72. The molecule has 0 N–H and O–H groups in total. The molecule has 7 nitrogen and oxygen atoms in total. The van der Waals surface area contributed by atoms with Crippen LogP contribution in [0, 0.1) is 0 Å². The lowest BCUT2D eigenvalue weighted by Crippen LogP contribution is -2.25. The SMILES string of the molecule is CC(C)(C)OC(=O)CSc1nnc(-c2cccnc2)n1Cc1ccco1. The molecule has 0 aliphatic carbocycles. The molecule has 8 heteroatoms. The van der Waals surface area contributed by atoms with Gasteiger partial charge in [0.05, 0.1) is 18.6 Å². The third-order valence-corrected chi connectivity index (χ3v) is 4.21. The molecule has 3 heterocycles. The van der Waals surface area contributed by atoms with Crippen LogP contribution in [-0.4, -0.2) is 37.1 Å². The van der Waals surface area contributed by atoms with Crippen molar-refractivity contribution in [2.24, 2.45) is 0 Å². The van der Waals surface area contributed by atoms with Gasteiger partial charge in [0.1, 0.15) is 11.4 Å². The molecule has 0 saturated carbocycles. The summed E-state index contributed by atoms with van der Waals surface area (Å²) in [4.78, 5) is 16.1. The highest BCUT2D eigenvalue weighted by molar-refractivity contribution is 7.99. The molecule has 0 bridgehead atoms. The molecule has 3 aromatic rings. The average molecular weight is 372 g/mol. The summed E-state index contributed by atoms with van der Waals surface area (Å²) in [5.74, 6) is 1.30. The van der Waals surface area contributed by atoms with Gasteiger partial charge in [-0.2, -0.15) is 0 Å². The summed E-state index contributed by atoms with van der Waals surface area (Å²) in [6.45, 7) is 5.99. The van der Waals surface area contributed by atoms with Crippen molar-refractivity contribution in [1.29, 1.82) is 0 Å². The van der Waals surface area contributed by atoms with Crippen LogP contribution >= 0.6 is 11.8 Å². The van der Waals surface area contributed by atoms with E-state index in [2.05, 4.69) is 15.2 Å². The van der Waals surface area contributed by atoms with Crippen LogP contribution in [0.4, 0.5) is 0 Å². The second-order valence-corrected chi connectivity index (χ2v) is 7.53. The van der Waals surface area contributed by atoms with E-state index in [1.54, 1.807) is 18.7 Å². The first-order valence-electron chi connectivity index (χ1n) is 8.13. The van der Waals surface area contributed by atoms with Gasteiger partial charge < -0.3 is 9.15 Å². The molecule has 0 fully saturated rings. The van der Waals surface area contributed by atoms with E-state index in [0.717, 1.165) is 11.3 Å². The number of furan rings is 1. The average Bonchev–Trinajstić information content (AvgIpc) is 3.23. The van der Waals surface area contributed by atoms with Gasteiger partial charge >= 0.3 is 5.97 Å². The van der Waals surface area contributed by atoms with E-state index in [1.807, 2.05) is 49.6 Å². The first kappa shape index (κ1) is 18.2. The molecule has 0 saturated heterocycles. The smallest absolute Gasteiger partial charge is 0.316 e. The maximum Gasteiger partial charge on any atom is 0.316 e. The minimum Gasteiger partial charge on any atom is -0.467 e. The number of ether oxygens (including phenoxy) is 1. The Balaban J connectivity index is 1.83. The predicted molar refractivity (Wildman–Crippen MR) is 97.6 cm³/mol. The van der Waals surface area contributed by atoms with Crippen LogP contribution < -0.4 is 0 Å². The monoisotopic (exact) mass is 372 g/mol. The number of nitrogens with zero attached hydrogens (tertiary/aromatic N) is 4. The Bertz CT molecular complexity index is 854. The molecule has 0 aliphatic heterocycles. The van der Waals surface area contributed by atoms with E-state index in [9.17, 15) is 4.79 Å². The van der Waals surface area contributed by atoms with Crippen LogP contribution in [0.15, 0.2) is 52.5 Å². The minimum atomic E-state index is -0.514. The lowest BCUT2D eigenvalue weighted by Gasteiger charge is -2.19. The number of rotatable bonds is 6. The van der Waals surface area contributed by atoms with E-state index >= 15 is 0 Å². The Morgan fingerprint density at radius 3 is 2.77 bits per heavy atom. The first-order chi connectivity index (χ1) is 12.4. The number of hydrogen-bond acceptors (Lipinski definition) is 7. The van der Waals surface area contributed by atoms with Crippen LogP contribution in [0.25, 0.3) is 11.4 Å². The van der Waals surface area contributed by atoms with Gasteiger partial charge in [-0.3, -0.25) is 14.3 Å². The Kier molecular flexibility index (Phi) is 5.41. The fourth-order valence-corrected chi connectivity index (χ4v) is 3.01. The van der Waals surface area contributed by atoms with Gasteiger partial charge in [-0.25, -0.2) is 0 Å². The highest BCUT2D eigenvalue weighted by Gasteiger charge is 2.20. The summed E-state index contributed by atoms with van der Waals surface area (Å²) in [5.41, 5.74) is 0.330. The highest BCUT2D eigenvalue weighted by Crippen LogP contribution is 2.25. The number of aromatic nitrogens is 4. The minimum absolute atomic E-state index is 0.153. The standard InChI is InChI=1S/C18H20N4O3S/c1-18(2,3)25-15(23)12-26-17-21-20-16(13-6-4-8-19-10-13)22(17)11-14-7-5-9-24-14/h4-10H,11-12H2,1-3H3. The third-order valence-electron chi connectivity index (χ3n) is 3.27. The van der Waals surface area contributed by atoms with Gasteiger partial charge in [0, 0.05) is 18.0 Å². The summed E-state index contributed by atoms with van der Waals surface area (Å²) in [6.07, 6.45) is 5.05. The first-order valence-corrected chi connectivity index (χ1v) is 9.11. The van der Waals surface area contributed by atoms with Crippen molar-refractivity contribution in [2.45, 2.75) is 38.1 Å². The largest absolute Gasteiger partial charge is 0.467 e. The van der Waals surface area contributed by atoms with Crippen LogP contribution in [0.1, 0.15) is 26.5 Å². The maximum absolute atomic E-state index is 12.0. The van der Waals surface area contributed by atoms with Crippen LogP contribution in [0.5, 0.6) is 0 Å². The van der Waals surface area contributed by atoms with Gasteiger partial charge in [0.25, 0.3) is 0 Å². The summed E-state index contributed by atoms with van der Waals surface area (Å²) in [6, 6.07) is 7.47. The van der Waals surface area contributed by atoms with Crippen molar-refractivity contribution in [3.8, 4) is 11.4 Å². The van der Waals surface area contributed by atoms with E-state index in [-0.39, 0.29) is 11.7 Å². The summed E-state index contributed by atoms with van der Waals surface area (Å²) >= 11 is 1.29. The molecule has 0 aliphatic rings. The van der Waals surface area contributed by atoms with Gasteiger partial charge in [0.2, 0.25) is 0 Å². The fraction of sp³-hybridized carbons (Fsp3) is 0.333. The molecule has 26 heavy (non-hydrogen) atoms. The summed E-state index contributed by atoms with van der Waals surface area (Å²) in [7, 11) is 0. The van der Waals surface area contributed by atoms with E-state index in [4.69, 9.17) is 9.15 Å². The molecule has 0 unspecified atom stereocenters. The van der Waals surface area contributed by atoms with E-state index in [0.29, 0.717) is 17.5 Å². The van der Waals surface area contributed by atoms with Gasteiger partial charge in [-0.15, -0.1) is 10.2 Å². The number of esters is 1. The molecule has 0 radical (unpaired) electrons. The van der Waals surface area contributed by atoms with Crippen molar-refractivity contribution < 1.29 is 13.9 Å². The van der Waals surface area contributed by atoms with Gasteiger partial charge in [-0.05, 0) is 45.0 Å². The number of pyridine rings is 1. The Labute approximate surface area is 155 Å². The molecule has 0 aromatic carbocycles. The molecular formula is C18H20N4O3S. The zero-order valence-electron chi connectivity index (χ0n) is 14.9. The molecule has 3 aromatic heterocycles. The highest BCUT2D eigenvalue weighted by atomic mass is 32.2. The second kappa shape index (κ2) is 7.74. The quantitative estimate of drug-likeness (QED) is 0.484. The van der Waals surface area contributed by atoms with Crippen LogP contribution in [-0.2, 0) is 16.1 Å². The normalized spacial score (nSPS) is 11.5. The van der Waals surface area contributed by atoms with Gasteiger partial charge in [0.15, 0.2) is 11.0 Å². The number of carbonyl (C=O) groups excluding carboxylic acids is 1. The van der Waals surface area contributed by atoms with E-state index in [1.165, 1.54) is 11.8 Å². The molecule has 0 spiro atoms. The Hall–Kier alpha value is -2.61. The maximum atomic E-state index is 12.0. The molecule has 136 valence electrons. The fourth-order valence-electron chi connectivity index (χ4n) is 2.30. The lowest BCUT2D eigenvalue weighted by atomic mass is 10.2. The summed E-state index contributed by atoms with van der Waals surface area (Å²) < 4.78 is 12.7. The molecular weight excluding hydrogens is 352 g/mol. The zero-order chi connectivity index (χ0) is 18.6. The van der Waals surface area contributed by atoms with Crippen molar-refractivity contribution in [1.82, 2.24) is 19.7 Å². The predicted octanol–water partition coefficient (Wildman–Crippen LogP) is 3.42. The van der Waals surface area contributed by atoms with Crippen molar-refractivity contribution in [3.63, 3.8) is 0 Å². The van der Waals surface area contributed by atoms with E-state index < -0.39 is 5.60 Å². The van der Waals surface area contributed by atoms with Crippen molar-refractivity contribution in [3.05, 3.63) is 48.7 Å². The van der Waals surface area contributed by atoms with Gasteiger partial charge in [-0.1, -0.05) is 11.8 Å². The van der Waals surface area contributed by atoms with Crippen molar-refractivity contribution >= 4 is 17.7 Å². The zero-order valence-corrected chi connectivity index (χ0v) is 15.7. The van der Waals surface area contributed by atoms with Crippen molar-refractivity contribution in [2.75, 3.05) is 5.75 Å². The molecule has 0 amide bonds. The number of hydrogen-bond donors (Lipinski definition) is 0. The Morgan fingerprint density at radius 1 is 1.27 bits per heavy atom. The number of carbonyl (C=O) groups is 1. The summed E-state index contributed by atoms with van der Waals surface area (Å²) in [5, 5.41) is 9.13. The second-order valence-electron chi connectivity index (χ2n) is 6.59. The topological polar surface area (TPSA) is 83.0 Å².